The minimum Gasteiger partial charge on any atom is -0.314 e. The van der Waals surface area contributed by atoms with Crippen molar-refractivity contribution < 1.29 is 0 Å². The highest BCUT2D eigenvalue weighted by Crippen LogP contribution is 2.26. The highest BCUT2D eigenvalue weighted by Gasteiger charge is 2.28. The molecule has 3 nitrogen and oxygen atoms in total. The van der Waals surface area contributed by atoms with Gasteiger partial charge in [-0.2, -0.15) is 0 Å². The SMILES string of the molecule is CCCNC1CCN(C(C)c2cccnc2)CC1C. The molecule has 3 heteroatoms. The molecule has 2 heterocycles. The lowest BCUT2D eigenvalue weighted by Crippen LogP contribution is -2.49. The Labute approximate surface area is 117 Å². The van der Waals surface area contributed by atoms with Crippen LogP contribution >= 0.6 is 0 Å². The summed E-state index contributed by atoms with van der Waals surface area (Å²) in [6.07, 6.45) is 6.32. The Morgan fingerprint density at radius 2 is 2.37 bits per heavy atom. The summed E-state index contributed by atoms with van der Waals surface area (Å²) in [6, 6.07) is 5.38. The molecule has 1 N–H and O–H groups in total. The number of hydrogen-bond donors (Lipinski definition) is 1. The van der Waals surface area contributed by atoms with Crippen LogP contribution in [0.3, 0.4) is 0 Å². The van der Waals surface area contributed by atoms with Crippen LogP contribution < -0.4 is 5.32 Å². The van der Waals surface area contributed by atoms with Gasteiger partial charge in [0.25, 0.3) is 0 Å². The minimum atomic E-state index is 0.475. The number of rotatable bonds is 5. The molecule has 2 rings (SSSR count). The van der Waals surface area contributed by atoms with Gasteiger partial charge in [-0.3, -0.25) is 9.88 Å². The van der Waals surface area contributed by atoms with Gasteiger partial charge < -0.3 is 5.32 Å². The maximum Gasteiger partial charge on any atom is 0.0335 e. The third-order valence-electron chi connectivity index (χ3n) is 4.31. The van der Waals surface area contributed by atoms with Gasteiger partial charge in [0.1, 0.15) is 0 Å². The summed E-state index contributed by atoms with van der Waals surface area (Å²) in [6.45, 7) is 10.4. The predicted octanol–water partition coefficient (Wildman–Crippen LogP) is 2.85. The van der Waals surface area contributed by atoms with Gasteiger partial charge in [0, 0.05) is 37.6 Å². The fraction of sp³-hybridized carbons (Fsp3) is 0.688. The Hall–Kier alpha value is -0.930. The molecule has 0 bridgehead atoms. The fourth-order valence-electron chi connectivity index (χ4n) is 3.00. The smallest absolute Gasteiger partial charge is 0.0335 e. The fourth-order valence-corrected chi connectivity index (χ4v) is 3.00. The molecule has 3 atom stereocenters. The molecule has 1 aromatic rings. The van der Waals surface area contributed by atoms with Crippen LogP contribution in [0.4, 0.5) is 0 Å². The maximum absolute atomic E-state index is 4.24. The van der Waals surface area contributed by atoms with E-state index in [4.69, 9.17) is 0 Å². The first-order valence-electron chi connectivity index (χ1n) is 7.59. The van der Waals surface area contributed by atoms with Gasteiger partial charge in [0.2, 0.25) is 0 Å². The monoisotopic (exact) mass is 261 g/mol. The molecule has 0 aliphatic carbocycles. The molecular weight excluding hydrogens is 234 g/mol. The van der Waals surface area contributed by atoms with Crippen LogP contribution in [0.25, 0.3) is 0 Å². The number of aromatic nitrogens is 1. The zero-order valence-electron chi connectivity index (χ0n) is 12.5. The molecule has 0 spiro atoms. The van der Waals surface area contributed by atoms with Crippen molar-refractivity contribution in [2.24, 2.45) is 5.92 Å². The van der Waals surface area contributed by atoms with Crippen LogP contribution in [0.2, 0.25) is 0 Å². The van der Waals surface area contributed by atoms with Crippen molar-refractivity contribution >= 4 is 0 Å². The average Bonchev–Trinajstić information content (AvgIpc) is 2.46. The second-order valence-corrected chi connectivity index (χ2v) is 5.78. The third kappa shape index (κ3) is 3.77. The first-order valence-corrected chi connectivity index (χ1v) is 7.59. The topological polar surface area (TPSA) is 28.2 Å². The number of nitrogens with one attached hydrogen (secondary N) is 1. The molecule has 1 aliphatic heterocycles. The summed E-state index contributed by atoms with van der Waals surface area (Å²) in [5.74, 6) is 0.722. The van der Waals surface area contributed by atoms with E-state index in [1.54, 1.807) is 0 Å². The van der Waals surface area contributed by atoms with E-state index in [1.165, 1.54) is 31.5 Å². The number of pyridine rings is 1. The van der Waals surface area contributed by atoms with Gasteiger partial charge in [0.15, 0.2) is 0 Å². The van der Waals surface area contributed by atoms with Crippen molar-refractivity contribution in [1.29, 1.82) is 0 Å². The van der Waals surface area contributed by atoms with E-state index in [1.807, 2.05) is 18.5 Å². The molecule has 0 radical (unpaired) electrons. The van der Waals surface area contributed by atoms with Crippen molar-refractivity contribution in [3.05, 3.63) is 30.1 Å². The first-order chi connectivity index (χ1) is 9.22. The molecule has 0 saturated carbocycles. The van der Waals surface area contributed by atoms with Crippen LogP contribution in [0.5, 0.6) is 0 Å². The summed E-state index contributed by atoms with van der Waals surface area (Å²) < 4.78 is 0. The molecule has 106 valence electrons. The van der Waals surface area contributed by atoms with Gasteiger partial charge >= 0.3 is 0 Å². The quantitative estimate of drug-likeness (QED) is 0.883. The lowest BCUT2D eigenvalue weighted by molar-refractivity contribution is 0.111. The molecule has 3 unspecified atom stereocenters. The van der Waals surface area contributed by atoms with Gasteiger partial charge in [-0.25, -0.2) is 0 Å². The third-order valence-corrected chi connectivity index (χ3v) is 4.31. The number of nitrogens with zero attached hydrogens (tertiary/aromatic N) is 2. The van der Waals surface area contributed by atoms with Crippen molar-refractivity contribution in [2.45, 2.75) is 45.7 Å². The molecule has 19 heavy (non-hydrogen) atoms. The number of likely N-dealkylation sites (tertiary alicyclic amines) is 1. The van der Waals surface area contributed by atoms with Crippen LogP contribution in [-0.2, 0) is 0 Å². The van der Waals surface area contributed by atoms with E-state index in [0.717, 1.165) is 12.5 Å². The molecule has 1 aromatic heterocycles. The zero-order chi connectivity index (χ0) is 13.7. The Balaban J connectivity index is 1.91. The average molecular weight is 261 g/mol. The highest BCUT2D eigenvalue weighted by atomic mass is 15.2. The van der Waals surface area contributed by atoms with Crippen LogP contribution in [0.15, 0.2) is 24.5 Å². The van der Waals surface area contributed by atoms with E-state index in [0.29, 0.717) is 12.1 Å². The minimum absolute atomic E-state index is 0.475. The standard InChI is InChI=1S/C16H27N3/c1-4-8-18-16-7-10-19(12-13(16)2)14(3)15-6-5-9-17-11-15/h5-6,9,11,13-14,16,18H,4,7-8,10,12H2,1-3H3. The van der Waals surface area contributed by atoms with Crippen molar-refractivity contribution in [3.63, 3.8) is 0 Å². The summed E-state index contributed by atoms with van der Waals surface area (Å²) in [7, 11) is 0. The molecule has 1 saturated heterocycles. The maximum atomic E-state index is 4.24. The Morgan fingerprint density at radius 3 is 3.00 bits per heavy atom. The van der Waals surface area contributed by atoms with E-state index in [-0.39, 0.29) is 0 Å². The van der Waals surface area contributed by atoms with Crippen LogP contribution in [0, 0.1) is 5.92 Å². The van der Waals surface area contributed by atoms with Crippen LogP contribution in [-0.4, -0.2) is 35.6 Å². The largest absolute Gasteiger partial charge is 0.314 e. The lowest BCUT2D eigenvalue weighted by atomic mass is 9.92. The lowest BCUT2D eigenvalue weighted by Gasteiger charge is -2.40. The summed E-state index contributed by atoms with van der Waals surface area (Å²) in [4.78, 5) is 6.83. The number of hydrogen-bond acceptors (Lipinski definition) is 3. The first kappa shape index (κ1) is 14.5. The zero-order valence-corrected chi connectivity index (χ0v) is 12.5. The summed E-state index contributed by atoms with van der Waals surface area (Å²) >= 11 is 0. The number of piperidine rings is 1. The molecule has 0 aromatic carbocycles. The van der Waals surface area contributed by atoms with E-state index >= 15 is 0 Å². The van der Waals surface area contributed by atoms with Gasteiger partial charge in [-0.05, 0) is 43.9 Å². The summed E-state index contributed by atoms with van der Waals surface area (Å²) in [5.41, 5.74) is 1.33. The van der Waals surface area contributed by atoms with Gasteiger partial charge in [-0.1, -0.05) is 19.9 Å². The van der Waals surface area contributed by atoms with Crippen molar-refractivity contribution in [2.75, 3.05) is 19.6 Å². The molecule has 1 aliphatic rings. The van der Waals surface area contributed by atoms with E-state index in [2.05, 4.69) is 42.0 Å². The van der Waals surface area contributed by atoms with Crippen molar-refractivity contribution in [3.8, 4) is 0 Å². The second kappa shape index (κ2) is 7.01. The Morgan fingerprint density at radius 1 is 1.53 bits per heavy atom. The van der Waals surface area contributed by atoms with Crippen LogP contribution in [0.1, 0.15) is 45.2 Å². The molecule has 0 amide bonds. The predicted molar refractivity (Wildman–Crippen MR) is 80.1 cm³/mol. The van der Waals surface area contributed by atoms with Crippen molar-refractivity contribution in [1.82, 2.24) is 15.2 Å². The summed E-state index contributed by atoms with van der Waals surface area (Å²) in [5, 5.41) is 3.68. The normalized spacial score (nSPS) is 26.3. The molecule has 1 fully saturated rings. The van der Waals surface area contributed by atoms with E-state index < -0.39 is 0 Å². The van der Waals surface area contributed by atoms with Gasteiger partial charge in [0.05, 0.1) is 0 Å². The Kier molecular flexibility index (Phi) is 5.34. The van der Waals surface area contributed by atoms with Gasteiger partial charge in [-0.15, -0.1) is 0 Å². The molecular formula is C16H27N3. The highest BCUT2D eigenvalue weighted by molar-refractivity contribution is 5.13. The second-order valence-electron chi connectivity index (χ2n) is 5.78. The van der Waals surface area contributed by atoms with E-state index in [9.17, 15) is 0 Å². The Bertz CT molecular complexity index is 366.